The number of imidazole rings is 1. The molecule has 3 rings (SSSR count). The van der Waals surface area contributed by atoms with Crippen molar-refractivity contribution >= 4 is 22.6 Å². The lowest BCUT2D eigenvalue weighted by molar-refractivity contribution is 0.778. The molecular weight excluding hydrogens is 328 g/mol. The lowest BCUT2D eigenvalue weighted by Crippen LogP contribution is -1.95. The average molecular weight is 357 g/mol. The molecule has 0 saturated heterocycles. The Bertz CT molecular complexity index is 760. The first-order chi connectivity index (χ1) is 12.3. The number of aryl methyl sites for hydroxylation is 1. The maximum absolute atomic E-state index is 4.60. The van der Waals surface area contributed by atoms with Gasteiger partial charge in [0, 0.05) is 6.54 Å². The van der Waals surface area contributed by atoms with Gasteiger partial charge in [-0.1, -0.05) is 44.2 Å². The van der Waals surface area contributed by atoms with Gasteiger partial charge in [0.15, 0.2) is 11.3 Å². The van der Waals surface area contributed by atoms with Crippen molar-refractivity contribution < 1.29 is 0 Å². The van der Waals surface area contributed by atoms with Crippen molar-refractivity contribution in [3.05, 3.63) is 54.3 Å². The Kier molecular flexibility index (Phi) is 10.1. The lowest BCUT2D eigenvalue weighted by Gasteiger charge is -1.99. The van der Waals surface area contributed by atoms with E-state index in [1.54, 1.807) is 23.9 Å². The molecule has 0 unspecified atom stereocenters. The van der Waals surface area contributed by atoms with Crippen LogP contribution in [0.1, 0.15) is 41.0 Å². The van der Waals surface area contributed by atoms with Gasteiger partial charge in [0.25, 0.3) is 0 Å². The van der Waals surface area contributed by atoms with E-state index in [0.29, 0.717) is 5.65 Å². The summed E-state index contributed by atoms with van der Waals surface area (Å²) < 4.78 is 2.00. The molecule has 0 bridgehead atoms. The minimum absolute atomic E-state index is 0.710. The molecular formula is C20H28N4S. The van der Waals surface area contributed by atoms with Crippen molar-refractivity contribution in [1.29, 1.82) is 0 Å². The Morgan fingerprint density at radius 3 is 2.40 bits per heavy atom. The molecule has 0 aliphatic heterocycles. The number of fused-ring (bicyclic) bond motifs is 1. The van der Waals surface area contributed by atoms with E-state index in [1.807, 2.05) is 49.8 Å². The van der Waals surface area contributed by atoms with Crippen LogP contribution in [-0.4, -0.2) is 19.5 Å². The Hall–Kier alpha value is -2.27. The standard InChI is InChI=1S/C11H10N4S.C7H12.C2H6/c1-2-15-7-13-10-11(15)14-8(6-12-10)9-4-3-5-16-9;1-3-5-7-6-4-2;1-2/h3-7H,2H2,1H3;3-6H,7H2,1-2H3;1-2H3/b;5-3-,6-4-;. The van der Waals surface area contributed by atoms with Crippen LogP contribution in [0, 0.1) is 0 Å². The number of nitrogens with zero attached hydrogens (tertiary/aromatic N) is 4. The highest BCUT2D eigenvalue weighted by molar-refractivity contribution is 7.13. The Morgan fingerprint density at radius 1 is 1.12 bits per heavy atom. The van der Waals surface area contributed by atoms with Crippen LogP contribution < -0.4 is 0 Å². The zero-order valence-corrected chi connectivity index (χ0v) is 16.6. The van der Waals surface area contributed by atoms with Crippen molar-refractivity contribution in [2.45, 2.75) is 47.6 Å². The van der Waals surface area contributed by atoms with E-state index in [-0.39, 0.29) is 0 Å². The second-order valence-corrected chi connectivity index (χ2v) is 5.73. The van der Waals surface area contributed by atoms with Gasteiger partial charge in [-0.3, -0.25) is 0 Å². The molecule has 0 N–H and O–H groups in total. The molecule has 3 aromatic rings. The fourth-order valence-corrected chi connectivity index (χ4v) is 2.64. The van der Waals surface area contributed by atoms with Crippen LogP contribution in [0.3, 0.4) is 0 Å². The van der Waals surface area contributed by atoms with Gasteiger partial charge in [0.2, 0.25) is 0 Å². The fraction of sp³-hybridized carbons (Fsp3) is 0.350. The van der Waals surface area contributed by atoms with Crippen LogP contribution in [-0.2, 0) is 6.54 Å². The Balaban J connectivity index is 0.000000297. The third-order valence-corrected chi connectivity index (χ3v) is 4.08. The first kappa shape index (κ1) is 20.8. The predicted molar refractivity (Wildman–Crippen MR) is 110 cm³/mol. The Labute approximate surface area is 155 Å². The van der Waals surface area contributed by atoms with E-state index in [1.165, 1.54) is 0 Å². The van der Waals surface area contributed by atoms with Crippen LogP contribution in [0.25, 0.3) is 21.9 Å². The number of rotatable bonds is 4. The van der Waals surface area contributed by atoms with Gasteiger partial charge in [0.1, 0.15) is 5.69 Å². The molecule has 0 aromatic carbocycles. The van der Waals surface area contributed by atoms with Gasteiger partial charge in [-0.15, -0.1) is 11.3 Å². The van der Waals surface area contributed by atoms with Crippen LogP contribution in [0.5, 0.6) is 0 Å². The topological polar surface area (TPSA) is 43.6 Å². The molecule has 0 amide bonds. The second kappa shape index (κ2) is 12.1. The molecule has 0 saturated carbocycles. The minimum Gasteiger partial charge on any atom is -0.314 e. The SMILES string of the molecule is C/C=C\C/C=C\C.CC.CCn1cnc2ncc(-c3cccs3)nc21. The highest BCUT2D eigenvalue weighted by atomic mass is 32.1. The summed E-state index contributed by atoms with van der Waals surface area (Å²) in [5, 5.41) is 2.04. The van der Waals surface area contributed by atoms with E-state index >= 15 is 0 Å². The molecule has 134 valence electrons. The normalized spacial score (nSPS) is 10.6. The molecule has 0 spiro atoms. The number of hydrogen-bond acceptors (Lipinski definition) is 4. The average Bonchev–Trinajstić information content (AvgIpc) is 3.33. The quantitative estimate of drug-likeness (QED) is 0.528. The van der Waals surface area contributed by atoms with Crippen molar-refractivity contribution in [1.82, 2.24) is 19.5 Å². The minimum atomic E-state index is 0.710. The zero-order valence-electron chi connectivity index (χ0n) is 15.8. The van der Waals surface area contributed by atoms with E-state index in [9.17, 15) is 0 Å². The Morgan fingerprint density at radius 2 is 1.84 bits per heavy atom. The third-order valence-electron chi connectivity index (χ3n) is 3.18. The second-order valence-electron chi connectivity index (χ2n) is 4.78. The number of thiophene rings is 1. The molecule has 0 radical (unpaired) electrons. The summed E-state index contributed by atoms with van der Waals surface area (Å²) >= 11 is 1.67. The van der Waals surface area contributed by atoms with Crippen molar-refractivity contribution in [3.63, 3.8) is 0 Å². The highest BCUT2D eigenvalue weighted by Gasteiger charge is 2.07. The summed E-state index contributed by atoms with van der Waals surface area (Å²) in [6.45, 7) is 11.0. The van der Waals surface area contributed by atoms with Crippen LogP contribution in [0.4, 0.5) is 0 Å². The zero-order chi connectivity index (χ0) is 18.5. The van der Waals surface area contributed by atoms with Gasteiger partial charge in [-0.2, -0.15) is 0 Å². The molecule has 0 atom stereocenters. The summed E-state index contributed by atoms with van der Waals surface area (Å²) in [5.41, 5.74) is 2.48. The van der Waals surface area contributed by atoms with Gasteiger partial charge >= 0.3 is 0 Å². The predicted octanol–water partition coefficient (Wildman–Crippen LogP) is 6.13. The highest BCUT2D eigenvalue weighted by Crippen LogP contribution is 2.23. The molecule has 25 heavy (non-hydrogen) atoms. The van der Waals surface area contributed by atoms with E-state index in [0.717, 1.165) is 29.2 Å². The van der Waals surface area contributed by atoms with Gasteiger partial charge in [0.05, 0.1) is 17.4 Å². The van der Waals surface area contributed by atoms with Gasteiger partial charge in [-0.25, -0.2) is 15.0 Å². The molecule has 3 aromatic heterocycles. The number of aromatic nitrogens is 4. The number of hydrogen-bond donors (Lipinski definition) is 0. The fourth-order valence-electron chi connectivity index (χ4n) is 1.96. The summed E-state index contributed by atoms with van der Waals surface area (Å²) in [4.78, 5) is 14.3. The summed E-state index contributed by atoms with van der Waals surface area (Å²) in [7, 11) is 0. The molecule has 5 heteroatoms. The molecule has 0 fully saturated rings. The summed E-state index contributed by atoms with van der Waals surface area (Å²) in [6, 6.07) is 4.07. The van der Waals surface area contributed by atoms with Crippen LogP contribution in [0.2, 0.25) is 0 Å². The first-order valence-electron chi connectivity index (χ1n) is 8.74. The van der Waals surface area contributed by atoms with E-state index in [2.05, 4.69) is 46.2 Å². The van der Waals surface area contributed by atoms with Crippen LogP contribution >= 0.6 is 11.3 Å². The van der Waals surface area contributed by atoms with Crippen molar-refractivity contribution in [3.8, 4) is 10.6 Å². The maximum atomic E-state index is 4.60. The summed E-state index contributed by atoms with van der Waals surface area (Å²) in [5.74, 6) is 0. The molecule has 0 aliphatic carbocycles. The van der Waals surface area contributed by atoms with E-state index < -0.39 is 0 Å². The van der Waals surface area contributed by atoms with Crippen LogP contribution in [0.15, 0.2) is 54.3 Å². The monoisotopic (exact) mass is 356 g/mol. The molecule has 0 aliphatic rings. The largest absolute Gasteiger partial charge is 0.314 e. The van der Waals surface area contributed by atoms with Gasteiger partial charge < -0.3 is 4.57 Å². The third kappa shape index (κ3) is 6.27. The lowest BCUT2D eigenvalue weighted by atomic mass is 10.3. The first-order valence-corrected chi connectivity index (χ1v) is 9.62. The van der Waals surface area contributed by atoms with Crippen molar-refractivity contribution in [2.24, 2.45) is 0 Å². The maximum Gasteiger partial charge on any atom is 0.197 e. The molecule has 4 nitrogen and oxygen atoms in total. The molecule has 3 heterocycles. The van der Waals surface area contributed by atoms with Gasteiger partial charge in [-0.05, 0) is 38.6 Å². The smallest absolute Gasteiger partial charge is 0.197 e. The van der Waals surface area contributed by atoms with Crippen molar-refractivity contribution in [2.75, 3.05) is 0 Å². The number of allylic oxidation sites excluding steroid dienone is 4. The van der Waals surface area contributed by atoms with E-state index in [4.69, 9.17) is 0 Å². The summed E-state index contributed by atoms with van der Waals surface area (Å²) in [6.07, 6.45) is 13.0.